The summed E-state index contributed by atoms with van der Waals surface area (Å²) < 4.78 is 24.1. The van der Waals surface area contributed by atoms with Gasteiger partial charge in [-0.3, -0.25) is 15.0 Å². The molecule has 0 aliphatic heterocycles. The standard InChI is InChI=1S/C16H15N3O6S/c1-10-6-8-11(9-7-10)26(24,25)19-18-15(21)14(20)17-13-5-3-2-4-12(13)16(22)23/h2-9,19H,1H3,(H,17,20)(H,18,21)(H,22,23). The molecular formula is C16H15N3O6S. The number of anilines is 1. The zero-order valence-corrected chi connectivity index (χ0v) is 14.3. The zero-order chi connectivity index (χ0) is 19.3. The van der Waals surface area contributed by atoms with E-state index in [1.54, 1.807) is 29.3 Å². The summed E-state index contributed by atoms with van der Waals surface area (Å²) in [5.41, 5.74) is 2.31. The predicted molar refractivity (Wildman–Crippen MR) is 91.7 cm³/mol. The zero-order valence-electron chi connectivity index (χ0n) is 13.5. The molecule has 0 radical (unpaired) electrons. The number of amides is 2. The smallest absolute Gasteiger partial charge is 0.337 e. The van der Waals surface area contributed by atoms with E-state index in [-0.39, 0.29) is 16.1 Å². The lowest BCUT2D eigenvalue weighted by molar-refractivity contribution is -0.136. The van der Waals surface area contributed by atoms with Crippen molar-refractivity contribution in [1.82, 2.24) is 10.3 Å². The minimum absolute atomic E-state index is 0.0958. The minimum atomic E-state index is -4.06. The fourth-order valence-electron chi connectivity index (χ4n) is 1.90. The molecule has 2 rings (SSSR count). The van der Waals surface area contributed by atoms with Crippen molar-refractivity contribution in [3.05, 3.63) is 59.7 Å². The van der Waals surface area contributed by atoms with Crippen LogP contribution in [0.3, 0.4) is 0 Å². The van der Waals surface area contributed by atoms with Crippen molar-refractivity contribution in [2.24, 2.45) is 0 Å². The molecule has 0 aliphatic rings. The van der Waals surface area contributed by atoms with Crippen molar-refractivity contribution >= 4 is 33.5 Å². The predicted octanol–water partition coefficient (Wildman–Crippen LogP) is 0.641. The van der Waals surface area contributed by atoms with Gasteiger partial charge in [0.2, 0.25) is 0 Å². The maximum Gasteiger partial charge on any atom is 0.337 e. The SMILES string of the molecule is Cc1ccc(S(=O)(=O)NNC(=O)C(=O)Nc2ccccc2C(=O)O)cc1. The molecule has 0 saturated heterocycles. The minimum Gasteiger partial charge on any atom is -0.478 e. The summed E-state index contributed by atoms with van der Waals surface area (Å²) in [5.74, 6) is -3.83. The Kier molecular flexibility index (Phi) is 5.70. The van der Waals surface area contributed by atoms with Gasteiger partial charge in [0.1, 0.15) is 0 Å². The first kappa shape index (κ1) is 19.1. The van der Waals surface area contributed by atoms with Gasteiger partial charge in [-0.05, 0) is 31.2 Å². The largest absolute Gasteiger partial charge is 0.478 e. The first-order chi connectivity index (χ1) is 12.2. The molecule has 0 aromatic heterocycles. The van der Waals surface area contributed by atoms with Crippen molar-refractivity contribution in [3.63, 3.8) is 0 Å². The van der Waals surface area contributed by atoms with Crippen LogP contribution in [0.4, 0.5) is 5.69 Å². The molecule has 10 heteroatoms. The third kappa shape index (κ3) is 4.65. The molecule has 26 heavy (non-hydrogen) atoms. The second kappa shape index (κ2) is 7.76. The van der Waals surface area contributed by atoms with Crippen molar-refractivity contribution in [2.75, 3.05) is 5.32 Å². The molecule has 0 fully saturated rings. The molecule has 9 nitrogen and oxygen atoms in total. The third-order valence-corrected chi connectivity index (χ3v) is 4.51. The second-order valence-electron chi connectivity index (χ2n) is 5.18. The van der Waals surface area contributed by atoms with Gasteiger partial charge in [-0.25, -0.2) is 13.2 Å². The van der Waals surface area contributed by atoms with E-state index >= 15 is 0 Å². The van der Waals surface area contributed by atoms with E-state index in [4.69, 9.17) is 5.11 Å². The summed E-state index contributed by atoms with van der Waals surface area (Å²) in [6.45, 7) is 1.78. The monoisotopic (exact) mass is 377 g/mol. The molecule has 0 heterocycles. The van der Waals surface area contributed by atoms with Crippen molar-refractivity contribution in [1.29, 1.82) is 0 Å². The number of sulfonamides is 1. The van der Waals surface area contributed by atoms with E-state index in [2.05, 4.69) is 5.32 Å². The highest BCUT2D eigenvalue weighted by Crippen LogP contribution is 2.14. The van der Waals surface area contributed by atoms with Gasteiger partial charge in [0, 0.05) is 0 Å². The first-order valence-corrected chi connectivity index (χ1v) is 8.71. The number of hydrogen-bond donors (Lipinski definition) is 4. The normalized spacial score (nSPS) is 10.8. The Bertz CT molecular complexity index is 954. The molecule has 0 unspecified atom stereocenters. The average Bonchev–Trinajstić information content (AvgIpc) is 2.60. The summed E-state index contributed by atoms with van der Waals surface area (Å²) in [4.78, 5) is 36.4. The fraction of sp³-hybridized carbons (Fsp3) is 0.0625. The molecule has 4 N–H and O–H groups in total. The molecule has 2 aromatic rings. The van der Waals surface area contributed by atoms with Crippen LogP contribution in [0.1, 0.15) is 15.9 Å². The van der Waals surface area contributed by atoms with Gasteiger partial charge < -0.3 is 10.4 Å². The van der Waals surface area contributed by atoms with Gasteiger partial charge in [-0.15, -0.1) is 4.83 Å². The Morgan fingerprint density at radius 3 is 2.15 bits per heavy atom. The van der Waals surface area contributed by atoms with E-state index in [1.807, 2.05) is 0 Å². The number of carbonyl (C=O) groups excluding carboxylic acids is 2. The topological polar surface area (TPSA) is 142 Å². The highest BCUT2D eigenvalue weighted by Gasteiger charge is 2.20. The van der Waals surface area contributed by atoms with Crippen LogP contribution in [0.25, 0.3) is 0 Å². The first-order valence-electron chi connectivity index (χ1n) is 7.23. The number of carbonyl (C=O) groups is 3. The lowest BCUT2D eigenvalue weighted by Crippen LogP contribution is -2.46. The van der Waals surface area contributed by atoms with Crippen LogP contribution in [-0.2, 0) is 19.6 Å². The van der Waals surface area contributed by atoms with E-state index in [0.29, 0.717) is 0 Å². The van der Waals surface area contributed by atoms with Gasteiger partial charge in [-0.2, -0.15) is 0 Å². The summed E-state index contributed by atoms with van der Waals surface area (Å²) in [6.07, 6.45) is 0. The molecule has 0 spiro atoms. The maximum atomic E-state index is 12.0. The summed E-state index contributed by atoms with van der Waals surface area (Å²) >= 11 is 0. The molecule has 0 bridgehead atoms. The van der Waals surface area contributed by atoms with Crippen LogP contribution in [0.5, 0.6) is 0 Å². The molecule has 136 valence electrons. The number of carboxylic acids is 1. The highest BCUT2D eigenvalue weighted by atomic mass is 32.2. The quantitative estimate of drug-likeness (QED) is 0.445. The molecule has 0 saturated carbocycles. The van der Waals surface area contributed by atoms with Crippen LogP contribution in [0, 0.1) is 6.92 Å². The van der Waals surface area contributed by atoms with Crippen LogP contribution in [-0.4, -0.2) is 31.3 Å². The van der Waals surface area contributed by atoms with E-state index in [1.165, 1.54) is 36.4 Å². The number of nitrogens with one attached hydrogen (secondary N) is 3. The highest BCUT2D eigenvalue weighted by molar-refractivity contribution is 7.89. The molecular weight excluding hydrogens is 362 g/mol. The van der Waals surface area contributed by atoms with Crippen LogP contribution in [0.2, 0.25) is 0 Å². The van der Waals surface area contributed by atoms with E-state index in [0.717, 1.165) is 5.56 Å². The number of aromatic carboxylic acids is 1. The number of aryl methyl sites for hydroxylation is 1. The van der Waals surface area contributed by atoms with E-state index in [9.17, 15) is 22.8 Å². The van der Waals surface area contributed by atoms with E-state index < -0.39 is 27.8 Å². The van der Waals surface area contributed by atoms with Crippen molar-refractivity contribution < 1.29 is 27.9 Å². The van der Waals surface area contributed by atoms with Gasteiger partial charge in [0.05, 0.1) is 16.1 Å². The molecule has 2 aromatic carbocycles. The summed E-state index contributed by atoms with van der Waals surface area (Å²) in [5, 5.41) is 11.1. The summed E-state index contributed by atoms with van der Waals surface area (Å²) in [6, 6.07) is 11.3. The van der Waals surface area contributed by atoms with Gasteiger partial charge in [-0.1, -0.05) is 29.8 Å². The molecule has 0 aliphatic carbocycles. The average molecular weight is 377 g/mol. The van der Waals surface area contributed by atoms with Gasteiger partial charge in [0.15, 0.2) is 0 Å². The maximum absolute atomic E-state index is 12.0. The fourth-order valence-corrected chi connectivity index (χ4v) is 2.74. The Balaban J connectivity index is 2.03. The van der Waals surface area contributed by atoms with Gasteiger partial charge >= 0.3 is 17.8 Å². The van der Waals surface area contributed by atoms with Crippen LogP contribution >= 0.6 is 0 Å². The number of para-hydroxylation sites is 1. The number of carboxylic acid groups (broad SMARTS) is 1. The number of hydrazine groups is 1. The number of rotatable bonds is 5. The summed E-state index contributed by atoms with van der Waals surface area (Å²) in [7, 11) is -4.06. The van der Waals surface area contributed by atoms with Crippen LogP contribution in [0.15, 0.2) is 53.4 Å². The third-order valence-electron chi connectivity index (χ3n) is 3.24. The van der Waals surface area contributed by atoms with Gasteiger partial charge in [0.25, 0.3) is 10.0 Å². The Morgan fingerprint density at radius 2 is 1.54 bits per heavy atom. The number of hydrogen-bond acceptors (Lipinski definition) is 5. The molecule has 2 amide bonds. The Morgan fingerprint density at radius 1 is 0.923 bits per heavy atom. The van der Waals surface area contributed by atoms with Crippen LogP contribution < -0.4 is 15.6 Å². The number of benzene rings is 2. The second-order valence-corrected chi connectivity index (χ2v) is 6.86. The van der Waals surface area contributed by atoms with Crippen molar-refractivity contribution in [2.45, 2.75) is 11.8 Å². The Hall–Kier alpha value is -3.24. The lowest BCUT2D eigenvalue weighted by atomic mass is 10.2. The Labute approximate surface area is 149 Å². The molecule has 0 atom stereocenters. The van der Waals surface area contributed by atoms with Crippen molar-refractivity contribution in [3.8, 4) is 0 Å². The lowest BCUT2D eigenvalue weighted by Gasteiger charge is -2.10.